The predicted molar refractivity (Wildman–Crippen MR) is 122 cm³/mol. The number of nitrogens with one attached hydrogen (secondary N) is 2. The molecule has 2 saturated heterocycles. The van der Waals surface area contributed by atoms with Crippen molar-refractivity contribution in [3.05, 3.63) is 53.0 Å². The third-order valence-corrected chi connectivity index (χ3v) is 8.64. The van der Waals surface area contributed by atoms with Crippen molar-refractivity contribution >= 4 is 0 Å². The van der Waals surface area contributed by atoms with Crippen molar-refractivity contribution in [3.63, 3.8) is 0 Å². The molecular formula is C26H28F3N5O. The molecule has 2 N–H and O–H groups in total. The zero-order valence-corrected chi connectivity index (χ0v) is 19.3. The smallest absolute Gasteiger partial charge is 0.419 e. The summed E-state index contributed by atoms with van der Waals surface area (Å²) < 4.78 is 46.8. The summed E-state index contributed by atoms with van der Waals surface area (Å²) >= 11 is 0. The number of hydrogen-bond acceptors (Lipinski definition) is 6. The van der Waals surface area contributed by atoms with Crippen LogP contribution in [0.25, 0.3) is 0 Å². The molecule has 4 atom stereocenters. The molecule has 0 radical (unpaired) electrons. The Labute approximate surface area is 202 Å². The van der Waals surface area contributed by atoms with Gasteiger partial charge in [0.2, 0.25) is 5.88 Å². The Kier molecular flexibility index (Phi) is 5.49. The van der Waals surface area contributed by atoms with Gasteiger partial charge < -0.3 is 15.4 Å². The molecule has 4 unspecified atom stereocenters. The van der Waals surface area contributed by atoms with Crippen LogP contribution < -0.4 is 15.4 Å². The van der Waals surface area contributed by atoms with Crippen molar-refractivity contribution in [2.75, 3.05) is 13.1 Å². The Balaban J connectivity index is 1.22. The van der Waals surface area contributed by atoms with Gasteiger partial charge in [0, 0.05) is 60.9 Å². The van der Waals surface area contributed by atoms with E-state index in [-0.39, 0.29) is 23.6 Å². The van der Waals surface area contributed by atoms with Crippen molar-refractivity contribution in [1.82, 2.24) is 20.6 Å². The van der Waals surface area contributed by atoms with Crippen LogP contribution in [-0.4, -0.2) is 34.7 Å². The largest absolute Gasteiger partial charge is 0.474 e. The first-order chi connectivity index (χ1) is 16.9. The minimum atomic E-state index is -4.62. The molecule has 9 heteroatoms. The number of ether oxygens (including phenoxy) is 1. The average molecular weight is 484 g/mol. The van der Waals surface area contributed by atoms with E-state index in [4.69, 9.17) is 10.00 Å². The number of fused-ring (bicyclic) bond motifs is 2. The molecule has 2 aromatic rings. The Morgan fingerprint density at radius 1 is 1.06 bits per heavy atom. The van der Waals surface area contributed by atoms with E-state index in [0.29, 0.717) is 29.7 Å². The molecule has 2 aliphatic carbocycles. The van der Waals surface area contributed by atoms with E-state index in [2.05, 4.69) is 26.7 Å². The second-order valence-corrected chi connectivity index (χ2v) is 10.5. The summed E-state index contributed by atoms with van der Waals surface area (Å²) in [5, 5.41) is 16.2. The van der Waals surface area contributed by atoms with Crippen LogP contribution in [0.4, 0.5) is 13.2 Å². The van der Waals surface area contributed by atoms with Gasteiger partial charge in [-0.1, -0.05) is 6.07 Å². The van der Waals surface area contributed by atoms with Gasteiger partial charge >= 0.3 is 6.18 Å². The van der Waals surface area contributed by atoms with Crippen molar-refractivity contribution in [1.29, 1.82) is 5.26 Å². The number of piperidine rings is 1. The number of alkyl halides is 3. The van der Waals surface area contributed by atoms with Gasteiger partial charge in [0.15, 0.2) is 5.69 Å². The highest BCUT2D eigenvalue weighted by molar-refractivity contribution is 5.39. The third-order valence-electron chi connectivity index (χ3n) is 8.64. The molecule has 2 aromatic heterocycles. The van der Waals surface area contributed by atoms with Crippen LogP contribution in [0.3, 0.4) is 0 Å². The van der Waals surface area contributed by atoms with E-state index >= 15 is 0 Å². The number of pyridine rings is 2. The van der Waals surface area contributed by atoms with Gasteiger partial charge in [-0.05, 0) is 55.7 Å². The number of hydrogen-bond donors (Lipinski definition) is 2. The Morgan fingerprint density at radius 3 is 2.40 bits per heavy atom. The molecule has 35 heavy (non-hydrogen) atoms. The summed E-state index contributed by atoms with van der Waals surface area (Å²) in [6.07, 6.45) is 4.96. The predicted octanol–water partition coefficient (Wildman–Crippen LogP) is 4.48. The van der Waals surface area contributed by atoms with Gasteiger partial charge in [-0.25, -0.2) is 9.97 Å². The number of nitrogens with zero attached hydrogens (tertiary/aromatic N) is 3. The maximum Gasteiger partial charge on any atom is 0.419 e. The minimum Gasteiger partial charge on any atom is -0.474 e. The molecule has 4 heterocycles. The quantitative estimate of drug-likeness (QED) is 0.667. The molecule has 6 rings (SSSR count). The van der Waals surface area contributed by atoms with E-state index < -0.39 is 17.4 Å². The first-order valence-electron chi connectivity index (χ1n) is 12.4. The van der Waals surface area contributed by atoms with Crippen LogP contribution in [0, 0.1) is 23.2 Å². The molecule has 2 bridgehead atoms. The molecule has 4 aliphatic rings. The van der Waals surface area contributed by atoms with Crippen LogP contribution in [0.1, 0.15) is 72.9 Å². The maximum absolute atomic E-state index is 13.5. The normalized spacial score (nSPS) is 31.2. The van der Waals surface area contributed by atoms with Crippen molar-refractivity contribution in [3.8, 4) is 11.9 Å². The van der Waals surface area contributed by atoms with Gasteiger partial charge in [-0.2, -0.15) is 18.4 Å². The third kappa shape index (κ3) is 3.97. The summed E-state index contributed by atoms with van der Waals surface area (Å²) in [6.45, 7) is 1.99. The Hall–Kier alpha value is -2.70. The summed E-state index contributed by atoms with van der Waals surface area (Å²) in [5.41, 5.74) is -0.149. The van der Waals surface area contributed by atoms with Crippen LogP contribution in [0.2, 0.25) is 0 Å². The maximum atomic E-state index is 13.5. The lowest BCUT2D eigenvalue weighted by Gasteiger charge is -2.44. The number of aromatic nitrogens is 2. The first-order valence-corrected chi connectivity index (χ1v) is 12.4. The molecule has 0 amide bonds. The monoisotopic (exact) mass is 483 g/mol. The van der Waals surface area contributed by atoms with Gasteiger partial charge in [0.25, 0.3) is 0 Å². The second kappa shape index (κ2) is 8.45. The molecule has 1 spiro atoms. The van der Waals surface area contributed by atoms with Gasteiger partial charge in [0.05, 0.1) is 5.56 Å². The fourth-order valence-corrected chi connectivity index (χ4v) is 6.70. The van der Waals surface area contributed by atoms with E-state index in [0.717, 1.165) is 44.0 Å². The Morgan fingerprint density at radius 2 is 1.80 bits per heavy atom. The molecule has 4 fully saturated rings. The average Bonchev–Trinajstić information content (AvgIpc) is 3.32. The fourth-order valence-electron chi connectivity index (χ4n) is 6.70. The molecule has 6 nitrogen and oxygen atoms in total. The molecule has 2 saturated carbocycles. The molecule has 184 valence electrons. The number of nitriles is 1. The summed E-state index contributed by atoms with van der Waals surface area (Å²) in [5.74, 6) is 1.86. The van der Waals surface area contributed by atoms with Crippen molar-refractivity contribution in [2.24, 2.45) is 11.8 Å². The second-order valence-electron chi connectivity index (χ2n) is 10.5. The van der Waals surface area contributed by atoms with Crippen LogP contribution in [0.5, 0.6) is 5.88 Å². The van der Waals surface area contributed by atoms with E-state index in [1.54, 1.807) is 6.07 Å². The van der Waals surface area contributed by atoms with Gasteiger partial charge in [0.1, 0.15) is 12.2 Å². The topological polar surface area (TPSA) is 82.9 Å². The SMILES string of the molecule is N#Cc1ncc(C2CC(c3ccc(OC4C5CCC4CNC5)nc3)C3(CCC3)N2)cc1C(F)(F)F. The lowest BCUT2D eigenvalue weighted by atomic mass is 9.67. The lowest BCUT2D eigenvalue weighted by molar-refractivity contribution is -0.138. The molecule has 2 aliphatic heterocycles. The zero-order valence-electron chi connectivity index (χ0n) is 19.3. The standard InChI is InChI=1S/C26H28F3N5O/c27-26(28,29)20-8-18(14-32-22(20)10-30)21-9-19(25(34-21)6-1-7-25)15-4-5-23(33-13-15)35-24-16-2-3-17(24)12-31-11-16/h4-5,8,13-14,16-17,19,21,24,31,34H,1-3,6-7,9,11-12H2. The minimum absolute atomic E-state index is 0.142. The molecule has 0 aromatic carbocycles. The summed E-state index contributed by atoms with van der Waals surface area (Å²) in [7, 11) is 0. The van der Waals surface area contributed by atoms with Crippen molar-refractivity contribution < 1.29 is 17.9 Å². The zero-order chi connectivity index (χ0) is 24.2. The van der Waals surface area contributed by atoms with Gasteiger partial charge in [-0.3, -0.25) is 0 Å². The first kappa shape index (κ1) is 22.7. The lowest BCUT2D eigenvalue weighted by Crippen LogP contribution is -2.50. The highest BCUT2D eigenvalue weighted by Gasteiger charge is 2.52. The number of rotatable bonds is 4. The van der Waals surface area contributed by atoms with Crippen molar-refractivity contribution in [2.45, 2.75) is 68.3 Å². The Bertz CT molecular complexity index is 1130. The molecular weight excluding hydrogens is 455 g/mol. The van der Waals surface area contributed by atoms with E-state index in [9.17, 15) is 13.2 Å². The highest BCUT2D eigenvalue weighted by Crippen LogP contribution is 2.53. The summed E-state index contributed by atoms with van der Waals surface area (Å²) in [4.78, 5) is 8.46. The fraction of sp³-hybridized carbons (Fsp3) is 0.577. The van der Waals surface area contributed by atoms with Crippen LogP contribution >= 0.6 is 0 Å². The van der Waals surface area contributed by atoms with Crippen LogP contribution in [-0.2, 0) is 6.18 Å². The highest BCUT2D eigenvalue weighted by atomic mass is 19.4. The van der Waals surface area contributed by atoms with E-state index in [1.807, 2.05) is 12.3 Å². The van der Waals surface area contributed by atoms with Crippen LogP contribution in [0.15, 0.2) is 30.6 Å². The van der Waals surface area contributed by atoms with E-state index in [1.165, 1.54) is 19.0 Å². The summed E-state index contributed by atoms with van der Waals surface area (Å²) in [6, 6.07) is 6.40. The van der Waals surface area contributed by atoms with Gasteiger partial charge in [-0.15, -0.1) is 0 Å². The number of halogens is 3.